The fraction of sp³-hybridized carbons (Fsp3) is 0.647. The molecule has 0 amide bonds. The second-order valence-electron chi connectivity index (χ2n) is 6.19. The Morgan fingerprint density at radius 3 is 2.79 bits per heavy atom. The topological polar surface area (TPSA) is 35.2 Å². The van der Waals surface area contributed by atoms with E-state index in [1.807, 2.05) is 0 Å². The Labute approximate surface area is 116 Å². The van der Waals surface area contributed by atoms with Crippen LogP contribution in [0, 0.1) is 5.41 Å². The molecular formula is C17H25NO. The Balaban J connectivity index is 1.97. The van der Waals surface area contributed by atoms with Gasteiger partial charge in [-0.1, -0.05) is 38.0 Å². The molecule has 1 unspecified atom stereocenters. The summed E-state index contributed by atoms with van der Waals surface area (Å²) in [5, 5.41) is 0. The second-order valence-corrected chi connectivity index (χ2v) is 6.19. The molecular weight excluding hydrogens is 234 g/mol. The van der Waals surface area contributed by atoms with Gasteiger partial charge in [-0.2, -0.15) is 0 Å². The van der Waals surface area contributed by atoms with Gasteiger partial charge in [-0.3, -0.25) is 0 Å². The van der Waals surface area contributed by atoms with Gasteiger partial charge in [0.15, 0.2) is 0 Å². The lowest BCUT2D eigenvalue weighted by Crippen LogP contribution is -2.32. The zero-order valence-corrected chi connectivity index (χ0v) is 12.0. The van der Waals surface area contributed by atoms with Crippen molar-refractivity contribution in [3.63, 3.8) is 0 Å². The fourth-order valence-electron chi connectivity index (χ4n) is 3.95. The van der Waals surface area contributed by atoms with Gasteiger partial charge in [0, 0.05) is 11.6 Å². The average molecular weight is 259 g/mol. The molecule has 1 aliphatic heterocycles. The van der Waals surface area contributed by atoms with Crippen LogP contribution in [0.25, 0.3) is 0 Å². The maximum atomic E-state index is 6.69. The van der Waals surface area contributed by atoms with Gasteiger partial charge in [-0.15, -0.1) is 0 Å². The number of benzene rings is 1. The molecule has 1 aromatic carbocycles. The molecule has 19 heavy (non-hydrogen) atoms. The number of aryl methyl sites for hydroxylation is 1. The van der Waals surface area contributed by atoms with Crippen LogP contribution in [-0.2, 0) is 6.42 Å². The first kappa shape index (κ1) is 13.0. The highest BCUT2D eigenvalue weighted by atomic mass is 16.5. The minimum absolute atomic E-state index is 0.132. The minimum atomic E-state index is 0.132. The van der Waals surface area contributed by atoms with Gasteiger partial charge in [0.25, 0.3) is 0 Å². The molecule has 1 aromatic rings. The summed E-state index contributed by atoms with van der Waals surface area (Å²) in [6.45, 7) is 3.14. The number of fused-ring (bicyclic) bond motifs is 1. The van der Waals surface area contributed by atoms with Crippen molar-refractivity contribution in [3.8, 4) is 5.75 Å². The summed E-state index contributed by atoms with van der Waals surface area (Å²) in [6, 6.07) is 6.66. The van der Waals surface area contributed by atoms with Gasteiger partial charge >= 0.3 is 0 Å². The molecule has 0 radical (unpaired) electrons. The summed E-state index contributed by atoms with van der Waals surface area (Å²) in [5.41, 5.74) is 9.59. The molecule has 1 atom stereocenters. The third-order valence-corrected chi connectivity index (χ3v) is 5.26. The first-order valence-corrected chi connectivity index (χ1v) is 7.77. The van der Waals surface area contributed by atoms with E-state index in [4.69, 9.17) is 10.5 Å². The Morgan fingerprint density at radius 1 is 1.26 bits per heavy atom. The first-order chi connectivity index (χ1) is 9.27. The molecule has 1 aliphatic carbocycles. The summed E-state index contributed by atoms with van der Waals surface area (Å²) in [6.07, 6.45) is 8.65. The third-order valence-electron chi connectivity index (χ3n) is 5.26. The highest BCUT2D eigenvalue weighted by Gasteiger charge is 2.40. The van der Waals surface area contributed by atoms with E-state index in [-0.39, 0.29) is 6.04 Å². The van der Waals surface area contributed by atoms with Crippen LogP contribution >= 0.6 is 0 Å². The molecule has 0 bridgehead atoms. The third kappa shape index (κ3) is 2.16. The molecule has 0 aromatic heterocycles. The molecule has 3 rings (SSSR count). The molecule has 0 saturated heterocycles. The summed E-state index contributed by atoms with van der Waals surface area (Å²) >= 11 is 0. The lowest BCUT2D eigenvalue weighted by molar-refractivity contribution is 0.211. The van der Waals surface area contributed by atoms with Crippen LogP contribution in [0.5, 0.6) is 5.75 Å². The van der Waals surface area contributed by atoms with Crippen molar-refractivity contribution in [2.45, 2.75) is 57.9 Å². The van der Waals surface area contributed by atoms with Gasteiger partial charge in [0.05, 0.1) is 6.61 Å². The number of ether oxygens (including phenoxy) is 1. The minimum Gasteiger partial charge on any atom is -0.493 e. The van der Waals surface area contributed by atoms with Crippen molar-refractivity contribution in [1.29, 1.82) is 0 Å². The van der Waals surface area contributed by atoms with E-state index >= 15 is 0 Å². The first-order valence-electron chi connectivity index (χ1n) is 7.77. The van der Waals surface area contributed by atoms with Crippen molar-refractivity contribution in [2.75, 3.05) is 6.61 Å². The standard InChI is InChI=1S/C17H25NO/c1-2-17(10-3-4-11-17)16(18)14-9-5-7-13-8-6-12-19-15(13)14/h5,7,9,16H,2-4,6,8,10-12,18H2,1H3. The SMILES string of the molecule is CCC1(C(N)c2cccc3c2OCCC3)CCCC1. The molecule has 2 aliphatic rings. The predicted octanol–water partition coefficient (Wildman–Crippen LogP) is 3.98. The molecule has 2 nitrogen and oxygen atoms in total. The van der Waals surface area contributed by atoms with Crippen LogP contribution in [0.2, 0.25) is 0 Å². The van der Waals surface area contributed by atoms with Crippen molar-refractivity contribution in [1.82, 2.24) is 0 Å². The monoisotopic (exact) mass is 259 g/mol. The lowest BCUT2D eigenvalue weighted by atomic mass is 9.73. The van der Waals surface area contributed by atoms with Crippen LogP contribution < -0.4 is 10.5 Å². The smallest absolute Gasteiger partial charge is 0.127 e. The largest absolute Gasteiger partial charge is 0.493 e. The van der Waals surface area contributed by atoms with E-state index < -0.39 is 0 Å². The Morgan fingerprint density at radius 2 is 2.05 bits per heavy atom. The maximum absolute atomic E-state index is 6.69. The van der Waals surface area contributed by atoms with Crippen LogP contribution in [-0.4, -0.2) is 6.61 Å². The normalized spacial score (nSPS) is 22.6. The summed E-state index contributed by atoms with van der Waals surface area (Å²) in [5.74, 6) is 1.10. The van der Waals surface area contributed by atoms with Crippen molar-refractivity contribution < 1.29 is 4.74 Å². The number of nitrogens with two attached hydrogens (primary N) is 1. The zero-order valence-electron chi connectivity index (χ0n) is 12.0. The van der Waals surface area contributed by atoms with E-state index in [0.29, 0.717) is 5.41 Å². The Bertz CT molecular complexity index is 449. The van der Waals surface area contributed by atoms with E-state index in [1.54, 1.807) is 0 Å². The lowest BCUT2D eigenvalue weighted by Gasteiger charge is -2.36. The van der Waals surface area contributed by atoms with Gasteiger partial charge < -0.3 is 10.5 Å². The molecule has 1 heterocycles. The van der Waals surface area contributed by atoms with Crippen LogP contribution in [0.15, 0.2) is 18.2 Å². The summed E-state index contributed by atoms with van der Waals surface area (Å²) < 4.78 is 5.94. The number of rotatable bonds is 3. The van der Waals surface area contributed by atoms with Gasteiger partial charge in [0.1, 0.15) is 5.75 Å². The van der Waals surface area contributed by atoms with E-state index in [2.05, 4.69) is 25.1 Å². The van der Waals surface area contributed by atoms with Gasteiger partial charge in [-0.05, 0) is 43.1 Å². The molecule has 0 spiro atoms. The van der Waals surface area contributed by atoms with Crippen molar-refractivity contribution in [3.05, 3.63) is 29.3 Å². The highest BCUT2D eigenvalue weighted by molar-refractivity contribution is 5.45. The van der Waals surface area contributed by atoms with Crippen LogP contribution in [0.4, 0.5) is 0 Å². The zero-order chi connectivity index (χ0) is 13.3. The number of hydrogen-bond donors (Lipinski definition) is 1. The Kier molecular flexibility index (Phi) is 3.53. The summed E-state index contributed by atoms with van der Waals surface area (Å²) in [4.78, 5) is 0. The van der Waals surface area contributed by atoms with Crippen LogP contribution in [0.3, 0.4) is 0 Å². The van der Waals surface area contributed by atoms with Crippen molar-refractivity contribution >= 4 is 0 Å². The van der Waals surface area contributed by atoms with Crippen molar-refractivity contribution in [2.24, 2.45) is 11.1 Å². The quantitative estimate of drug-likeness (QED) is 0.891. The van der Waals surface area contributed by atoms with E-state index in [1.165, 1.54) is 43.2 Å². The van der Waals surface area contributed by atoms with Gasteiger partial charge in [-0.25, -0.2) is 0 Å². The number of para-hydroxylation sites is 1. The molecule has 1 fully saturated rings. The Hall–Kier alpha value is -1.02. The number of hydrogen-bond acceptors (Lipinski definition) is 2. The maximum Gasteiger partial charge on any atom is 0.127 e. The molecule has 1 saturated carbocycles. The van der Waals surface area contributed by atoms with Crippen LogP contribution in [0.1, 0.15) is 62.6 Å². The average Bonchev–Trinajstić information content (AvgIpc) is 2.96. The molecule has 2 N–H and O–H groups in total. The second kappa shape index (κ2) is 5.16. The summed E-state index contributed by atoms with van der Waals surface area (Å²) in [7, 11) is 0. The molecule has 104 valence electrons. The highest BCUT2D eigenvalue weighted by Crippen LogP contribution is 2.51. The molecule has 2 heteroatoms. The predicted molar refractivity (Wildman–Crippen MR) is 78.4 cm³/mol. The van der Waals surface area contributed by atoms with E-state index in [9.17, 15) is 0 Å². The fourth-order valence-corrected chi connectivity index (χ4v) is 3.95. The van der Waals surface area contributed by atoms with E-state index in [0.717, 1.165) is 25.2 Å². The van der Waals surface area contributed by atoms with Gasteiger partial charge in [0.2, 0.25) is 0 Å².